The van der Waals surface area contributed by atoms with Gasteiger partial charge in [-0.2, -0.15) is 0 Å². The summed E-state index contributed by atoms with van der Waals surface area (Å²) in [4.78, 5) is 4.79. The molecule has 3 nitrogen and oxygen atoms in total. The highest BCUT2D eigenvalue weighted by atomic mass is 16.3. The molecule has 1 fully saturated rings. The van der Waals surface area contributed by atoms with Gasteiger partial charge in [-0.25, -0.2) is 0 Å². The maximum absolute atomic E-state index is 9.39. The summed E-state index contributed by atoms with van der Waals surface area (Å²) in [6.45, 7) is 11.4. The van der Waals surface area contributed by atoms with Gasteiger partial charge in [-0.05, 0) is 47.7 Å². The average Bonchev–Trinajstić information content (AvgIpc) is 2.26. The SMILES string of the molecule is CC1CCN(C)C(CO)CN1C(C)(C)C. The van der Waals surface area contributed by atoms with E-state index in [1.165, 1.54) is 6.42 Å². The van der Waals surface area contributed by atoms with Crippen LogP contribution in [-0.2, 0) is 0 Å². The molecule has 0 saturated carbocycles. The van der Waals surface area contributed by atoms with Gasteiger partial charge in [0.05, 0.1) is 6.61 Å². The van der Waals surface area contributed by atoms with Gasteiger partial charge in [-0.1, -0.05) is 0 Å². The predicted molar refractivity (Wildman–Crippen MR) is 64.0 cm³/mol. The smallest absolute Gasteiger partial charge is 0.0599 e. The van der Waals surface area contributed by atoms with Crippen molar-refractivity contribution in [3.05, 3.63) is 0 Å². The minimum atomic E-state index is 0.192. The molecule has 0 aromatic heterocycles. The molecule has 0 amide bonds. The molecule has 2 unspecified atom stereocenters. The van der Waals surface area contributed by atoms with E-state index in [1.807, 2.05) is 0 Å². The number of aliphatic hydroxyl groups excluding tert-OH is 1. The molecule has 0 aromatic rings. The van der Waals surface area contributed by atoms with Crippen LogP contribution < -0.4 is 0 Å². The summed E-state index contributed by atoms with van der Waals surface area (Å²) >= 11 is 0. The Morgan fingerprint density at radius 2 is 1.93 bits per heavy atom. The Bertz CT molecular complexity index is 200. The second kappa shape index (κ2) is 4.81. The molecule has 15 heavy (non-hydrogen) atoms. The average molecular weight is 214 g/mol. The third kappa shape index (κ3) is 3.16. The Morgan fingerprint density at radius 3 is 2.40 bits per heavy atom. The summed E-state index contributed by atoms with van der Waals surface area (Å²) in [7, 11) is 2.11. The molecule has 0 aliphatic carbocycles. The molecule has 1 N–H and O–H groups in total. The van der Waals surface area contributed by atoms with Gasteiger partial charge < -0.3 is 5.11 Å². The number of nitrogens with zero attached hydrogens (tertiary/aromatic N) is 2. The monoisotopic (exact) mass is 214 g/mol. The minimum Gasteiger partial charge on any atom is -0.395 e. The highest BCUT2D eigenvalue weighted by Crippen LogP contribution is 2.23. The predicted octanol–water partition coefficient (Wildman–Crippen LogP) is 1.17. The van der Waals surface area contributed by atoms with Crippen molar-refractivity contribution in [2.75, 3.05) is 26.7 Å². The van der Waals surface area contributed by atoms with E-state index < -0.39 is 0 Å². The van der Waals surface area contributed by atoms with Crippen molar-refractivity contribution in [1.29, 1.82) is 0 Å². The molecule has 0 bridgehead atoms. The molecule has 1 aliphatic heterocycles. The lowest BCUT2D eigenvalue weighted by Gasteiger charge is -2.40. The zero-order chi connectivity index (χ0) is 11.6. The molecular formula is C12H26N2O. The molecule has 2 atom stereocenters. The van der Waals surface area contributed by atoms with Crippen molar-refractivity contribution < 1.29 is 5.11 Å². The number of aliphatic hydroxyl groups is 1. The van der Waals surface area contributed by atoms with Crippen molar-refractivity contribution in [1.82, 2.24) is 9.80 Å². The van der Waals surface area contributed by atoms with Crippen LogP contribution in [0.5, 0.6) is 0 Å². The third-order valence-electron chi connectivity index (χ3n) is 3.53. The molecule has 0 radical (unpaired) electrons. The topological polar surface area (TPSA) is 26.7 Å². The first-order valence-corrected chi connectivity index (χ1v) is 5.94. The molecule has 3 heteroatoms. The Morgan fingerprint density at radius 1 is 1.33 bits per heavy atom. The maximum atomic E-state index is 9.39. The molecule has 90 valence electrons. The highest BCUT2D eigenvalue weighted by Gasteiger charge is 2.32. The number of rotatable bonds is 1. The zero-order valence-corrected chi connectivity index (χ0v) is 10.8. The van der Waals surface area contributed by atoms with E-state index in [0.717, 1.165) is 13.1 Å². The fourth-order valence-electron chi connectivity index (χ4n) is 2.41. The Hall–Kier alpha value is -0.120. The number of likely N-dealkylation sites (N-methyl/N-ethyl adjacent to an activating group) is 1. The van der Waals surface area contributed by atoms with Crippen LogP contribution in [0.25, 0.3) is 0 Å². The van der Waals surface area contributed by atoms with Crippen molar-refractivity contribution in [3.63, 3.8) is 0 Å². The minimum absolute atomic E-state index is 0.192. The molecule has 1 rings (SSSR count). The van der Waals surface area contributed by atoms with Crippen LogP contribution in [0, 0.1) is 0 Å². The first kappa shape index (κ1) is 12.9. The lowest BCUT2D eigenvalue weighted by molar-refractivity contribution is 0.0639. The van der Waals surface area contributed by atoms with Crippen molar-refractivity contribution in [3.8, 4) is 0 Å². The standard InChI is InChI=1S/C12H26N2O/c1-10-6-7-13(5)11(9-15)8-14(10)12(2,3)4/h10-11,15H,6-9H2,1-5H3. The van der Waals surface area contributed by atoms with Gasteiger partial charge in [0.25, 0.3) is 0 Å². The van der Waals surface area contributed by atoms with Gasteiger partial charge in [0.2, 0.25) is 0 Å². The fraction of sp³-hybridized carbons (Fsp3) is 1.00. The van der Waals surface area contributed by atoms with Crippen molar-refractivity contribution in [2.24, 2.45) is 0 Å². The lowest BCUT2D eigenvalue weighted by Crippen LogP contribution is -2.51. The van der Waals surface area contributed by atoms with Crippen molar-refractivity contribution in [2.45, 2.75) is 51.7 Å². The summed E-state index contributed by atoms with van der Waals surface area (Å²) in [6, 6.07) is 0.887. The maximum Gasteiger partial charge on any atom is 0.0599 e. The van der Waals surface area contributed by atoms with E-state index in [2.05, 4.69) is 44.5 Å². The third-order valence-corrected chi connectivity index (χ3v) is 3.53. The molecule has 0 spiro atoms. The second-order valence-electron chi connectivity index (χ2n) is 5.78. The Labute approximate surface area is 94.1 Å². The van der Waals surface area contributed by atoms with Gasteiger partial charge in [0.1, 0.15) is 0 Å². The van der Waals surface area contributed by atoms with E-state index >= 15 is 0 Å². The quantitative estimate of drug-likeness (QED) is 0.710. The normalized spacial score (nSPS) is 31.6. The summed E-state index contributed by atoms with van der Waals surface area (Å²) < 4.78 is 0. The first-order chi connectivity index (χ1) is 6.86. The van der Waals surface area contributed by atoms with E-state index in [0.29, 0.717) is 6.04 Å². The van der Waals surface area contributed by atoms with Crippen LogP contribution in [0.15, 0.2) is 0 Å². The van der Waals surface area contributed by atoms with E-state index in [-0.39, 0.29) is 18.2 Å². The number of hydrogen-bond acceptors (Lipinski definition) is 3. The largest absolute Gasteiger partial charge is 0.395 e. The first-order valence-electron chi connectivity index (χ1n) is 5.94. The van der Waals surface area contributed by atoms with Gasteiger partial charge in [0.15, 0.2) is 0 Å². The van der Waals surface area contributed by atoms with Crippen molar-refractivity contribution >= 4 is 0 Å². The Balaban J connectivity index is 2.77. The zero-order valence-electron chi connectivity index (χ0n) is 10.8. The second-order valence-corrected chi connectivity index (χ2v) is 5.78. The van der Waals surface area contributed by atoms with Gasteiger partial charge in [-0.15, -0.1) is 0 Å². The summed E-state index contributed by atoms with van der Waals surface area (Å²) in [5.41, 5.74) is 0.192. The van der Waals surface area contributed by atoms with Crippen LogP contribution in [0.4, 0.5) is 0 Å². The van der Waals surface area contributed by atoms with Crippen LogP contribution in [-0.4, -0.2) is 59.3 Å². The molecular weight excluding hydrogens is 188 g/mol. The lowest BCUT2D eigenvalue weighted by atomic mass is 10.0. The molecule has 1 aliphatic rings. The van der Waals surface area contributed by atoms with Gasteiger partial charge in [-0.3, -0.25) is 9.80 Å². The van der Waals surface area contributed by atoms with Crippen LogP contribution in [0.1, 0.15) is 34.1 Å². The number of hydrogen-bond donors (Lipinski definition) is 1. The molecule has 1 heterocycles. The fourth-order valence-corrected chi connectivity index (χ4v) is 2.41. The summed E-state index contributed by atoms with van der Waals surface area (Å²) in [5, 5.41) is 9.39. The summed E-state index contributed by atoms with van der Waals surface area (Å²) in [5.74, 6) is 0. The molecule has 0 aromatic carbocycles. The Kier molecular flexibility index (Phi) is 4.15. The van der Waals surface area contributed by atoms with Crippen LogP contribution in [0.3, 0.4) is 0 Å². The van der Waals surface area contributed by atoms with Gasteiger partial charge in [0, 0.05) is 24.2 Å². The molecule has 1 saturated heterocycles. The van der Waals surface area contributed by atoms with Gasteiger partial charge >= 0.3 is 0 Å². The van der Waals surface area contributed by atoms with E-state index in [4.69, 9.17) is 0 Å². The summed E-state index contributed by atoms with van der Waals surface area (Å²) in [6.07, 6.45) is 1.18. The van der Waals surface area contributed by atoms with Crippen LogP contribution in [0.2, 0.25) is 0 Å². The van der Waals surface area contributed by atoms with E-state index in [1.54, 1.807) is 0 Å². The van der Waals surface area contributed by atoms with E-state index in [9.17, 15) is 5.11 Å². The highest BCUT2D eigenvalue weighted by molar-refractivity contribution is 4.88. The van der Waals surface area contributed by atoms with Crippen LogP contribution >= 0.6 is 0 Å².